The summed E-state index contributed by atoms with van der Waals surface area (Å²) in [6, 6.07) is 6.29. The fraction of sp³-hybridized carbons (Fsp3) is 0.562. The molecular weight excluding hydrogens is 350 g/mol. The maximum absolute atomic E-state index is 12.7. The smallest absolute Gasteiger partial charge is 0.243 e. The van der Waals surface area contributed by atoms with Gasteiger partial charge in [-0.2, -0.15) is 4.31 Å². The van der Waals surface area contributed by atoms with Gasteiger partial charge in [-0.15, -0.1) is 0 Å². The molecule has 0 bridgehead atoms. The second-order valence-corrected chi connectivity index (χ2v) is 8.59. The Morgan fingerprint density at radius 1 is 1.12 bits per heavy atom. The number of rotatable bonds is 3. The molecule has 1 N–H and O–H groups in total. The van der Waals surface area contributed by atoms with E-state index in [0.717, 1.165) is 25.9 Å². The summed E-state index contributed by atoms with van der Waals surface area (Å²) in [5, 5.41) is 3.65. The molecule has 2 fully saturated rings. The molecule has 1 aromatic rings. The van der Waals surface area contributed by atoms with E-state index in [1.807, 2.05) is 0 Å². The average Bonchev–Trinajstić information content (AvgIpc) is 2.62. The summed E-state index contributed by atoms with van der Waals surface area (Å²) in [4.78, 5) is 14.5. The van der Waals surface area contributed by atoms with Crippen LogP contribution in [0.4, 0.5) is 0 Å². The highest BCUT2D eigenvalue weighted by Crippen LogP contribution is 2.22. The summed E-state index contributed by atoms with van der Waals surface area (Å²) < 4.78 is 26.8. The Balaban J connectivity index is 1.63. The van der Waals surface area contributed by atoms with Crippen molar-refractivity contribution in [1.82, 2.24) is 14.5 Å². The van der Waals surface area contributed by atoms with Gasteiger partial charge in [0.25, 0.3) is 0 Å². The van der Waals surface area contributed by atoms with Crippen molar-refractivity contribution in [3.05, 3.63) is 29.3 Å². The van der Waals surface area contributed by atoms with Crippen molar-refractivity contribution in [3.63, 3.8) is 0 Å². The standard InChI is InChI=1S/C16H22ClN3O3S/c17-14-2-1-3-15(12-14)24(22,23)20-10-8-19(9-11-20)16(21)13-4-6-18-7-5-13/h1-3,12-13,18H,4-11H2. The van der Waals surface area contributed by atoms with Crippen LogP contribution in [-0.4, -0.2) is 62.8 Å². The first-order chi connectivity index (χ1) is 11.5. The van der Waals surface area contributed by atoms with Crippen LogP contribution in [0.25, 0.3) is 0 Å². The second kappa shape index (κ2) is 7.39. The molecule has 0 atom stereocenters. The predicted molar refractivity (Wildman–Crippen MR) is 92.4 cm³/mol. The first kappa shape index (κ1) is 17.7. The molecule has 1 amide bonds. The van der Waals surface area contributed by atoms with Gasteiger partial charge in [-0.25, -0.2) is 8.42 Å². The topological polar surface area (TPSA) is 69.7 Å². The molecule has 0 saturated carbocycles. The molecule has 0 radical (unpaired) electrons. The number of nitrogens with zero attached hydrogens (tertiary/aromatic N) is 2. The zero-order valence-corrected chi connectivity index (χ0v) is 15.0. The molecule has 0 spiro atoms. The SMILES string of the molecule is O=C(C1CCNCC1)N1CCN(S(=O)(=O)c2cccc(Cl)c2)CC1. The van der Waals surface area contributed by atoms with E-state index in [0.29, 0.717) is 31.2 Å². The Kier molecular flexibility index (Phi) is 5.44. The first-order valence-electron chi connectivity index (χ1n) is 8.24. The molecule has 0 aliphatic carbocycles. The highest BCUT2D eigenvalue weighted by atomic mass is 35.5. The minimum Gasteiger partial charge on any atom is -0.340 e. The van der Waals surface area contributed by atoms with Gasteiger partial charge in [0.05, 0.1) is 4.90 Å². The zero-order valence-electron chi connectivity index (χ0n) is 13.4. The van der Waals surface area contributed by atoms with Crippen molar-refractivity contribution in [3.8, 4) is 0 Å². The van der Waals surface area contributed by atoms with Gasteiger partial charge in [-0.1, -0.05) is 17.7 Å². The van der Waals surface area contributed by atoms with Gasteiger partial charge in [0.1, 0.15) is 0 Å². The van der Waals surface area contributed by atoms with E-state index in [1.54, 1.807) is 23.1 Å². The largest absolute Gasteiger partial charge is 0.340 e. The molecule has 6 nitrogen and oxygen atoms in total. The number of hydrogen-bond acceptors (Lipinski definition) is 4. The molecule has 0 aromatic heterocycles. The molecule has 1 aromatic carbocycles. The number of amides is 1. The molecule has 2 aliphatic heterocycles. The molecule has 0 unspecified atom stereocenters. The number of piperazine rings is 1. The lowest BCUT2D eigenvalue weighted by Gasteiger charge is -2.36. The van der Waals surface area contributed by atoms with Crippen LogP contribution in [0.1, 0.15) is 12.8 Å². The number of benzene rings is 1. The van der Waals surface area contributed by atoms with Gasteiger partial charge in [-0.3, -0.25) is 4.79 Å². The van der Waals surface area contributed by atoms with Crippen LogP contribution in [0, 0.1) is 5.92 Å². The monoisotopic (exact) mass is 371 g/mol. The van der Waals surface area contributed by atoms with E-state index in [4.69, 9.17) is 11.6 Å². The summed E-state index contributed by atoms with van der Waals surface area (Å²) in [6.45, 7) is 3.29. The molecule has 24 heavy (non-hydrogen) atoms. The number of piperidine rings is 1. The highest BCUT2D eigenvalue weighted by molar-refractivity contribution is 7.89. The number of nitrogens with one attached hydrogen (secondary N) is 1. The van der Waals surface area contributed by atoms with Crippen LogP contribution in [0.3, 0.4) is 0 Å². The fourth-order valence-electron chi connectivity index (χ4n) is 3.25. The van der Waals surface area contributed by atoms with E-state index >= 15 is 0 Å². The van der Waals surface area contributed by atoms with Gasteiger partial charge in [0.2, 0.25) is 15.9 Å². The van der Waals surface area contributed by atoms with Gasteiger partial charge in [-0.05, 0) is 44.1 Å². The molecule has 2 aliphatic rings. The van der Waals surface area contributed by atoms with Crippen molar-refractivity contribution in [2.75, 3.05) is 39.3 Å². The van der Waals surface area contributed by atoms with Crippen molar-refractivity contribution < 1.29 is 13.2 Å². The van der Waals surface area contributed by atoms with Crippen LogP contribution < -0.4 is 5.32 Å². The maximum Gasteiger partial charge on any atom is 0.243 e. The van der Waals surface area contributed by atoms with Crippen LogP contribution in [0.2, 0.25) is 5.02 Å². The van der Waals surface area contributed by atoms with E-state index < -0.39 is 10.0 Å². The third-order valence-corrected chi connectivity index (χ3v) is 6.80. The van der Waals surface area contributed by atoms with Gasteiger partial charge in [0, 0.05) is 37.1 Å². The quantitative estimate of drug-likeness (QED) is 0.866. The summed E-state index contributed by atoms with van der Waals surface area (Å²) in [5.74, 6) is 0.235. The van der Waals surface area contributed by atoms with Gasteiger partial charge >= 0.3 is 0 Å². The first-order valence-corrected chi connectivity index (χ1v) is 10.1. The third kappa shape index (κ3) is 3.74. The lowest BCUT2D eigenvalue weighted by Crippen LogP contribution is -2.52. The van der Waals surface area contributed by atoms with Crippen LogP contribution in [-0.2, 0) is 14.8 Å². The fourth-order valence-corrected chi connectivity index (χ4v) is 4.98. The maximum atomic E-state index is 12.7. The Morgan fingerprint density at radius 3 is 2.42 bits per heavy atom. The number of hydrogen-bond donors (Lipinski definition) is 1. The number of carbonyl (C=O) groups is 1. The zero-order chi connectivity index (χ0) is 17.2. The van der Waals surface area contributed by atoms with E-state index in [1.165, 1.54) is 10.4 Å². The molecule has 2 saturated heterocycles. The van der Waals surface area contributed by atoms with Crippen LogP contribution in [0.5, 0.6) is 0 Å². The molecule has 132 valence electrons. The summed E-state index contributed by atoms with van der Waals surface area (Å²) in [5.41, 5.74) is 0. The third-order valence-electron chi connectivity index (χ3n) is 4.67. The number of carbonyl (C=O) groups excluding carboxylic acids is 1. The Morgan fingerprint density at radius 2 is 1.79 bits per heavy atom. The van der Waals surface area contributed by atoms with E-state index in [9.17, 15) is 13.2 Å². The Hall–Kier alpha value is -1.15. The highest BCUT2D eigenvalue weighted by Gasteiger charge is 2.32. The van der Waals surface area contributed by atoms with Crippen molar-refractivity contribution in [2.45, 2.75) is 17.7 Å². The van der Waals surface area contributed by atoms with Crippen molar-refractivity contribution >= 4 is 27.5 Å². The van der Waals surface area contributed by atoms with Gasteiger partial charge < -0.3 is 10.2 Å². The lowest BCUT2D eigenvalue weighted by molar-refractivity contribution is -0.137. The van der Waals surface area contributed by atoms with Crippen molar-refractivity contribution in [1.29, 1.82) is 0 Å². The molecule has 8 heteroatoms. The van der Waals surface area contributed by atoms with Crippen molar-refractivity contribution in [2.24, 2.45) is 5.92 Å². The normalized spacial score (nSPS) is 21.0. The number of halogens is 1. The molecular formula is C16H22ClN3O3S. The van der Waals surface area contributed by atoms with E-state index in [2.05, 4.69) is 5.32 Å². The molecule has 3 rings (SSSR count). The molecule has 2 heterocycles. The summed E-state index contributed by atoms with van der Waals surface area (Å²) in [7, 11) is -3.56. The predicted octanol–water partition coefficient (Wildman–Crippen LogP) is 1.17. The van der Waals surface area contributed by atoms with Gasteiger partial charge in [0.15, 0.2) is 0 Å². The Bertz CT molecular complexity index is 696. The Labute approximate surface area is 147 Å². The lowest BCUT2D eigenvalue weighted by atomic mass is 9.96. The minimum absolute atomic E-state index is 0.0716. The minimum atomic E-state index is -3.56. The van der Waals surface area contributed by atoms with Crippen LogP contribution in [0.15, 0.2) is 29.2 Å². The second-order valence-electron chi connectivity index (χ2n) is 6.21. The summed E-state index contributed by atoms with van der Waals surface area (Å²) in [6.07, 6.45) is 1.72. The van der Waals surface area contributed by atoms with Crippen LogP contribution >= 0.6 is 11.6 Å². The average molecular weight is 372 g/mol. The number of sulfonamides is 1. The summed E-state index contributed by atoms with van der Waals surface area (Å²) >= 11 is 5.90. The van der Waals surface area contributed by atoms with E-state index in [-0.39, 0.29) is 16.7 Å².